The van der Waals surface area contributed by atoms with Gasteiger partial charge in [-0.05, 0) is 85.3 Å². The first-order valence-corrected chi connectivity index (χ1v) is 12.3. The number of ether oxygens (including phenoxy) is 2. The van der Waals surface area contributed by atoms with Gasteiger partial charge in [0.2, 0.25) is 0 Å². The van der Waals surface area contributed by atoms with Crippen molar-refractivity contribution in [2.45, 2.75) is 13.2 Å². The number of benzene rings is 4. The highest BCUT2D eigenvalue weighted by Crippen LogP contribution is 2.30. The van der Waals surface area contributed by atoms with E-state index in [0.29, 0.717) is 13.2 Å². The Hall–Kier alpha value is -2.33. The van der Waals surface area contributed by atoms with Crippen molar-refractivity contribution in [1.29, 1.82) is 0 Å². The van der Waals surface area contributed by atoms with Crippen molar-refractivity contribution in [3.63, 3.8) is 0 Å². The highest BCUT2D eigenvalue weighted by Gasteiger charge is 2.10. The summed E-state index contributed by atoms with van der Waals surface area (Å²) in [5.74, 6) is 1.75. The maximum absolute atomic E-state index is 6.24. The fourth-order valence-corrected chi connectivity index (χ4v) is 5.59. The Kier molecular flexibility index (Phi) is 7.85. The van der Waals surface area contributed by atoms with E-state index in [9.17, 15) is 0 Å². The van der Waals surface area contributed by atoms with Crippen LogP contribution in [0.15, 0.2) is 84.0 Å². The zero-order valence-electron chi connectivity index (χ0n) is 17.5. The van der Waals surface area contributed by atoms with Gasteiger partial charge in [-0.25, -0.2) is 0 Å². The molecule has 162 valence electrons. The molecule has 0 saturated heterocycles. The SMILES string of the molecule is COc1ccccc1CN/N=C\c1cc(I)c(OCc2cccc3ccccc23)c(I)c1. The number of nitrogens with one attached hydrogen (secondary N) is 1. The molecule has 0 fully saturated rings. The summed E-state index contributed by atoms with van der Waals surface area (Å²) in [6.45, 7) is 1.13. The Balaban J connectivity index is 1.42. The molecule has 4 nitrogen and oxygen atoms in total. The van der Waals surface area contributed by atoms with E-state index in [1.807, 2.05) is 30.5 Å². The van der Waals surface area contributed by atoms with Crippen LogP contribution in [0.25, 0.3) is 10.8 Å². The number of hydrogen-bond donors (Lipinski definition) is 1. The van der Waals surface area contributed by atoms with Crippen LogP contribution in [-0.4, -0.2) is 13.3 Å². The molecule has 6 heteroatoms. The number of rotatable bonds is 8. The van der Waals surface area contributed by atoms with E-state index in [1.54, 1.807) is 7.11 Å². The molecular weight excluding hydrogens is 626 g/mol. The second-order valence-corrected chi connectivity index (χ2v) is 9.47. The lowest BCUT2D eigenvalue weighted by atomic mass is 10.1. The summed E-state index contributed by atoms with van der Waals surface area (Å²) in [5.41, 5.74) is 6.36. The maximum atomic E-state index is 6.24. The van der Waals surface area contributed by atoms with Crippen LogP contribution in [0, 0.1) is 7.14 Å². The van der Waals surface area contributed by atoms with E-state index in [1.165, 1.54) is 16.3 Å². The number of fused-ring (bicyclic) bond motifs is 1. The van der Waals surface area contributed by atoms with Gasteiger partial charge in [-0.2, -0.15) is 5.10 Å². The first-order chi connectivity index (χ1) is 15.7. The van der Waals surface area contributed by atoms with Gasteiger partial charge in [0.15, 0.2) is 0 Å². The monoisotopic (exact) mass is 648 g/mol. The molecule has 0 atom stereocenters. The van der Waals surface area contributed by atoms with Gasteiger partial charge >= 0.3 is 0 Å². The molecule has 0 saturated carbocycles. The molecule has 4 aromatic carbocycles. The van der Waals surface area contributed by atoms with Crippen molar-refractivity contribution in [1.82, 2.24) is 5.43 Å². The van der Waals surface area contributed by atoms with Gasteiger partial charge in [0, 0.05) is 5.56 Å². The fraction of sp³-hybridized carbons (Fsp3) is 0.115. The summed E-state index contributed by atoms with van der Waals surface area (Å²) in [7, 11) is 1.68. The molecule has 0 aromatic heterocycles. The Bertz CT molecular complexity index is 1230. The predicted octanol–water partition coefficient (Wildman–Crippen LogP) is 6.76. The first kappa shape index (κ1) is 22.8. The normalized spacial score (nSPS) is 11.1. The number of halogens is 2. The zero-order valence-corrected chi connectivity index (χ0v) is 21.8. The second kappa shape index (κ2) is 11.0. The van der Waals surface area contributed by atoms with Crippen LogP contribution >= 0.6 is 45.2 Å². The molecule has 0 radical (unpaired) electrons. The minimum absolute atomic E-state index is 0.529. The van der Waals surface area contributed by atoms with Crippen molar-refractivity contribution < 1.29 is 9.47 Å². The minimum atomic E-state index is 0.529. The van der Waals surface area contributed by atoms with Gasteiger partial charge in [-0.1, -0.05) is 60.7 Å². The standard InChI is InChI=1S/C26H22I2N2O2/c1-31-25-12-5-3-8-20(25)16-30-29-15-18-13-23(27)26(24(28)14-18)32-17-21-10-6-9-19-7-2-4-11-22(19)21/h2-15,30H,16-17H2,1H3/b29-15-. The number of hydrogen-bond acceptors (Lipinski definition) is 4. The minimum Gasteiger partial charge on any atom is -0.496 e. The summed E-state index contributed by atoms with van der Waals surface area (Å²) in [6.07, 6.45) is 1.83. The van der Waals surface area contributed by atoms with Crippen LogP contribution in [0.2, 0.25) is 0 Å². The third kappa shape index (κ3) is 5.53. The molecule has 0 unspecified atom stereocenters. The highest BCUT2D eigenvalue weighted by molar-refractivity contribution is 14.1. The lowest BCUT2D eigenvalue weighted by Gasteiger charge is -2.13. The average Bonchev–Trinajstić information content (AvgIpc) is 2.81. The summed E-state index contributed by atoms with van der Waals surface area (Å²) in [5, 5.41) is 6.83. The smallest absolute Gasteiger partial charge is 0.146 e. The van der Waals surface area contributed by atoms with E-state index >= 15 is 0 Å². The van der Waals surface area contributed by atoms with Gasteiger partial charge in [-0.3, -0.25) is 0 Å². The van der Waals surface area contributed by atoms with E-state index in [4.69, 9.17) is 9.47 Å². The molecule has 4 rings (SSSR count). The number of para-hydroxylation sites is 1. The summed E-state index contributed by atoms with van der Waals surface area (Å²) in [4.78, 5) is 0. The molecule has 0 amide bonds. The topological polar surface area (TPSA) is 42.8 Å². The number of hydrazone groups is 1. The van der Waals surface area contributed by atoms with Crippen LogP contribution in [0.4, 0.5) is 0 Å². The molecule has 0 spiro atoms. The van der Waals surface area contributed by atoms with E-state index in [0.717, 1.165) is 29.8 Å². The predicted molar refractivity (Wildman–Crippen MR) is 148 cm³/mol. The third-order valence-electron chi connectivity index (χ3n) is 5.04. The van der Waals surface area contributed by atoms with Gasteiger partial charge in [0.05, 0.1) is 27.0 Å². The zero-order chi connectivity index (χ0) is 22.3. The quantitative estimate of drug-likeness (QED) is 0.131. The highest BCUT2D eigenvalue weighted by atomic mass is 127. The van der Waals surface area contributed by atoms with E-state index < -0.39 is 0 Å². The summed E-state index contributed by atoms with van der Waals surface area (Å²) >= 11 is 4.65. The lowest BCUT2D eigenvalue weighted by Crippen LogP contribution is -2.07. The summed E-state index contributed by atoms with van der Waals surface area (Å²) < 4.78 is 13.7. The van der Waals surface area contributed by atoms with Crippen molar-refractivity contribution in [2.75, 3.05) is 7.11 Å². The first-order valence-electron chi connectivity index (χ1n) is 10.1. The van der Waals surface area contributed by atoms with Crippen molar-refractivity contribution >= 4 is 62.2 Å². The van der Waals surface area contributed by atoms with Crippen LogP contribution in [0.3, 0.4) is 0 Å². The second-order valence-electron chi connectivity index (χ2n) is 7.15. The van der Waals surface area contributed by atoms with Crippen LogP contribution < -0.4 is 14.9 Å². The van der Waals surface area contributed by atoms with Gasteiger partial charge < -0.3 is 14.9 Å². The summed E-state index contributed by atoms with van der Waals surface area (Å²) in [6, 6.07) is 26.8. The molecule has 0 bridgehead atoms. The van der Waals surface area contributed by atoms with Gasteiger partial charge in [-0.15, -0.1) is 0 Å². The Morgan fingerprint density at radius 1 is 0.875 bits per heavy atom. The van der Waals surface area contributed by atoms with Crippen molar-refractivity contribution in [3.05, 3.63) is 103 Å². The largest absolute Gasteiger partial charge is 0.496 e. The Labute approximate surface area is 215 Å². The van der Waals surface area contributed by atoms with Crippen molar-refractivity contribution in [3.8, 4) is 11.5 Å². The van der Waals surface area contributed by atoms with Crippen LogP contribution in [0.1, 0.15) is 16.7 Å². The molecule has 0 aliphatic carbocycles. The van der Waals surface area contributed by atoms with E-state index in [-0.39, 0.29) is 0 Å². The molecule has 32 heavy (non-hydrogen) atoms. The van der Waals surface area contributed by atoms with Gasteiger partial charge in [0.1, 0.15) is 18.1 Å². The Morgan fingerprint density at radius 3 is 2.38 bits per heavy atom. The maximum Gasteiger partial charge on any atom is 0.146 e. The number of nitrogens with zero attached hydrogens (tertiary/aromatic N) is 1. The molecule has 0 heterocycles. The number of methoxy groups -OCH3 is 1. The Morgan fingerprint density at radius 2 is 1.56 bits per heavy atom. The fourth-order valence-electron chi connectivity index (χ4n) is 3.46. The molecule has 4 aromatic rings. The third-order valence-corrected chi connectivity index (χ3v) is 6.64. The van der Waals surface area contributed by atoms with E-state index in [2.05, 4.69) is 110 Å². The lowest BCUT2D eigenvalue weighted by molar-refractivity contribution is 0.303. The van der Waals surface area contributed by atoms with Crippen LogP contribution in [0.5, 0.6) is 11.5 Å². The van der Waals surface area contributed by atoms with Gasteiger partial charge in [0.25, 0.3) is 0 Å². The molecular formula is C26H22I2N2O2. The van der Waals surface area contributed by atoms with Crippen LogP contribution in [-0.2, 0) is 13.2 Å². The average molecular weight is 648 g/mol. The molecule has 0 aliphatic heterocycles. The molecule has 0 aliphatic rings. The molecule has 1 N–H and O–H groups in total. The van der Waals surface area contributed by atoms with Crippen molar-refractivity contribution in [2.24, 2.45) is 5.10 Å².